The summed E-state index contributed by atoms with van der Waals surface area (Å²) in [6.07, 6.45) is 10.7. The van der Waals surface area contributed by atoms with Gasteiger partial charge in [-0.05, 0) is 25.7 Å². The van der Waals surface area contributed by atoms with Crippen LogP contribution in [-0.4, -0.2) is 62.9 Å². The van der Waals surface area contributed by atoms with Gasteiger partial charge in [0, 0.05) is 32.3 Å². The van der Waals surface area contributed by atoms with Crippen LogP contribution in [0.3, 0.4) is 0 Å². The summed E-state index contributed by atoms with van der Waals surface area (Å²) in [5.74, 6) is 0.215. The molecule has 0 radical (unpaired) electrons. The number of methoxy groups -OCH3 is 1. The molecule has 3 aliphatic rings. The molecule has 2 saturated carbocycles. The fourth-order valence-corrected chi connectivity index (χ4v) is 4.78. The molecule has 0 atom stereocenters. The third kappa shape index (κ3) is 3.78. The molecular formula is C19H34N2O3. The van der Waals surface area contributed by atoms with Crippen molar-refractivity contribution in [1.82, 2.24) is 10.2 Å². The minimum atomic E-state index is -0.258. The quantitative estimate of drug-likeness (QED) is 0.755. The lowest BCUT2D eigenvalue weighted by atomic mass is 9.68. The number of rotatable bonds is 6. The Morgan fingerprint density at radius 1 is 1.04 bits per heavy atom. The van der Waals surface area contributed by atoms with Gasteiger partial charge in [-0.15, -0.1) is 0 Å². The highest BCUT2D eigenvalue weighted by atomic mass is 16.5. The number of morpholine rings is 1. The lowest BCUT2D eigenvalue weighted by molar-refractivity contribution is -0.141. The Morgan fingerprint density at radius 2 is 1.71 bits per heavy atom. The van der Waals surface area contributed by atoms with E-state index < -0.39 is 0 Å². The summed E-state index contributed by atoms with van der Waals surface area (Å²) in [6.45, 7) is 4.99. The first kappa shape index (κ1) is 18.2. The van der Waals surface area contributed by atoms with Crippen molar-refractivity contribution >= 4 is 5.91 Å². The molecule has 5 heteroatoms. The van der Waals surface area contributed by atoms with Gasteiger partial charge in [0.1, 0.15) is 0 Å². The molecule has 1 aliphatic heterocycles. The third-order valence-electron chi connectivity index (χ3n) is 6.51. The van der Waals surface area contributed by atoms with Gasteiger partial charge >= 0.3 is 0 Å². The Kier molecular flexibility index (Phi) is 6.17. The highest BCUT2D eigenvalue weighted by molar-refractivity contribution is 5.83. The van der Waals surface area contributed by atoms with Crippen molar-refractivity contribution in [3.8, 4) is 0 Å². The van der Waals surface area contributed by atoms with Crippen LogP contribution in [0.4, 0.5) is 0 Å². The molecule has 1 amide bonds. The second kappa shape index (κ2) is 8.15. The van der Waals surface area contributed by atoms with Crippen LogP contribution >= 0.6 is 0 Å². The molecule has 1 heterocycles. The van der Waals surface area contributed by atoms with Crippen molar-refractivity contribution in [2.75, 3.05) is 46.6 Å². The number of amides is 1. The lowest BCUT2D eigenvalue weighted by Crippen LogP contribution is -2.60. The molecule has 138 valence electrons. The maximum absolute atomic E-state index is 12.9. The Morgan fingerprint density at radius 3 is 2.25 bits per heavy atom. The Balaban J connectivity index is 1.66. The largest absolute Gasteiger partial charge is 0.384 e. The van der Waals surface area contributed by atoms with Crippen molar-refractivity contribution in [1.29, 1.82) is 0 Å². The number of carbonyl (C=O) groups is 1. The maximum Gasteiger partial charge on any atom is 0.228 e. The molecule has 0 aromatic carbocycles. The van der Waals surface area contributed by atoms with E-state index in [2.05, 4.69) is 10.2 Å². The average molecular weight is 338 g/mol. The van der Waals surface area contributed by atoms with Gasteiger partial charge in [-0.1, -0.05) is 32.1 Å². The fraction of sp³-hybridized carbons (Fsp3) is 0.947. The SMILES string of the molecule is COCC1(C(=O)NCC2(N3CCOCC3)CCCCCC2)CCC1. The van der Waals surface area contributed by atoms with Crippen molar-refractivity contribution < 1.29 is 14.3 Å². The van der Waals surface area contributed by atoms with E-state index in [1.165, 1.54) is 38.5 Å². The molecule has 1 saturated heterocycles. The summed E-state index contributed by atoms with van der Waals surface area (Å²) in [7, 11) is 1.70. The number of hydrogen-bond acceptors (Lipinski definition) is 4. The summed E-state index contributed by atoms with van der Waals surface area (Å²) in [5, 5.41) is 3.34. The molecule has 0 aromatic heterocycles. The minimum Gasteiger partial charge on any atom is -0.384 e. The van der Waals surface area contributed by atoms with Crippen LogP contribution in [0.1, 0.15) is 57.8 Å². The van der Waals surface area contributed by atoms with Gasteiger partial charge < -0.3 is 14.8 Å². The average Bonchev–Trinajstić information content (AvgIpc) is 2.83. The number of ether oxygens (including phenoxy) is 2. The van der Waals surface area contributed by atoms with Gasteiger partial charge in [0.15, 0.2) is 0 Å². The Labute approximate surface area is 146 Å². The Bertz CT molecular complexity index is 409. The smallest absolute Gasteiger partial charge is 0.228 e. The second-order valence-corrected chi connectivity index (χ2v) is 7.99. The minimum absolute atomic E-state index is 0.133. The van der Waals surface area contributed by atoms with Crippen LogP contribution in [0.2, 0.25) is 0 Å². The fourth-order valence-electron chi connectivity index (χ4n) is 4.78. The van der Waals surface area contributed by atoms with Gasteiger partial charge in [0.25, 0.3) is 0 Å². The molecule has 0 unspecified atom stereocenters. The first-order valence-corrected chi connectivity index (χ1v) is 9.81. The van der Waals surface area contributed by atoms with E-state index in [9.17, 15) is 4.79 Å². The molecule has 24 heavy (non-hydrogen) atoms. The van der Waals surface area contributed by atoms with E-state index in [0.717, 1.165) is 52.1 Å². The first-order chi connectivity index (χ1) is 11.7. The van der Waals surface area contributed by atoms with Crippen LogP contribution in [0, 0.1) is 5.41 Å². The molecule has 0 bridgehead atoms. The van der Waals surface area contributed by atoms with Gasteiger partial charge in [0.05, 0.1) is 25.2 Å². The van der Waals surface area contributed by atoms with E-state index in [4.69, 9.17) is 9.47 Å². The van der Waals surface area contributed by atoms with Crippen molar-refractivity contribution in [2.45, 2.75) is 63.3 Å². The predicted molar refractivity (Wildman–Crippen MR) is 94.0 cm³/mol. The van der Waals surface area contributed by atoms with Crippen molar-refractivity contribution in [3.05, 3.63) is 0 Å². The van der Waals surface area contributed by atoms with E-state index >= 15 is 0 Å². The van der Waals surface area contributed by atoms with Crippen LogP contribution in [-0.2, 0) is 14.3 Å². The van der Waals surface area contributed by atoms with Gasteiger partial charge in [-0.2, -0.15) is 0 Å². The summed E-state index contributed by atoms with van der Waals surface area (Å²) < 4.78 is 10.9. The van der Waals surface area contributed by atoms with Crippen molar-refractivity contribution in [2.24, 2.45) is 5.41 Å². The van der Waals surface area contributed by atoms with Crippen molar-refractivity contribution in [3.63, 3.8) is 0 Å². The molecular weight excluding hydrogens is 304 g/mol. The normalized spacial score (nSPS) is 27.0. The number of hydrogen-bond donors (Lipinski definition) is 1. The number of nitrogens with zero attached hydrogens (tertiary/aromatic N) is 1. The number of carbonyl (C=O) groups excluding carboxylic acids is 1. The highest BCUT2D eigenvalue weighted by Gasteiger charge is 2.45. The van der Waals surface area contributed by atoms with Crippen LogP contribution in [0.5, 0.6) is 0 Å². The molecule has 5 nitrogen and oxygen atoms in total. The van der Waals surface area contributed by atoms with Crippen LogP contribution in [0.25, 0.3) is 0 Å². The van der Waals surface area contributed by atoms with Gasteiger partial charge in [-0.25, -0.2) is 0 Å². The lowest BCUT2D eigenvalue weighted by Gasteiger charge is -2.47. The summed E-state index contributed by atoms with van der Waals surface area (Å²) in [5.41, 5.74) is -0.125. The Hall–Kier alpha value is -0.650. The molecule has 0 spiro atoms. The molecule has 2 aliphatic carbocycles. The maximum atomic E-state index is 12.9. The zero-order chi connectivity index (χ0) is 16.9. The first-order valence-electron chi connectivity index (χ1n) is 9.81. The summed E-state index contributed by atoms with van der Waals surface area (Å²) in [4.78, 5) is 15.5. The zero-order valence-electron chi connectivity index (χ0n) is 15.3. The van der Waals surface area contributed by atoms with Gasteiger partial charge in [-0.3, -0.25) is 9.69 Å². The molecule has 3 fully saturated rings. The van der Waals surface area contributed by atoms with Gasteiger partial charge in [0.2, 0.25) is 5.91 Å². The van der Waals surface area contributed by atoms with E-state index in [-0.39, 0.29) is 16.9 Å². The van der Waals surface area contributed by atoms with E-state index in [0.29, 0.717) is 6.61 Å². The second-order valence-electron chi connectivity index (χ2n) is 7.99. The highest BCUT2D eigenvalue weighted by Crippen LogP contribution is 2.41. The summed E-state index contributed by atoms with van der Waals surface area (Å²) >= 11 is 0. The zero-order valence-corrected chi connectivity index (χ0v) is 15.3. The summed E-state index contributed by atoms with van der Waals surface area (Å²) in [6, 6.07) is 0. The van der Waals surface area contributed by atoms with Crippen LogP contribution in [0.15, 0.2) is 0 Å². The van der Waals surface area contributed by atoms with Crippen LogP contribution < -0.4 is 5.32 Å². The monoisotopic (exact) mass is 338 g/mol. The topological polar surface area (TPSA) is 50.8 Å². The standard InChI is InChI=1S/C19H34N2O3/c1-23-16-18(7-6-8-18)17(22)20-15-19(9-4-2-3-5-10-19)21-11-13-24-14-12-21/h2-16H2,1H3,(H,20,22). The predicted octanol–water partition coefficient (Wildman–Crippen LogP) is 2.34. The number of nitrogens with one attached hydrogen (secondary N) is 1. The molecule has 1 N–H and O–H groups in total. The van der Waals surface area contributed by atoms with E-state index in [1.807, 2.05) is 0 Å². The molecule has 0 aromatic rings. The van der Waals surface area contributed by atoms with E-state index in [1.54, 1.807) is 7.11 Å². The third-order valence-corrected chi connectivity index (χ3v) is 6.51. The molecule has 3 rings (SSSR count).